The number of carbonyl (C=O) groups is 2. The number of aromatic nitrogens is 1. The van der Waals surface area contributed by atoms with E-state index >= 15 is 8.78 Å². The number of hydrogen-bond acceptors (Lipinski definition) is 9. The van der Waals surface area contributed by atoms with Crippen molar-refractivity contribution in [3.8, 4) is 0 Å². The highest BCUT2D eigenvalue weighted by Gasteiger charge is 2.45. The number of nitrogens with zero attached hydrogens (tertiary/aromatic N) is 4. The highest BCUT2D eigenvalue weighted by molar-refractivity contribution is 9.10. The molecule has 0 amide bonds. The van der Waals surface area contributed by atoms with Gasteiger partial charge in [0.2, 0.25) is 0 Å². The van der Waals surface area contributed by atoms with Crippen LogP contribution in [0.25, 0.3) is 0 Å². The van der Waals surface area contributed by atoms with E-state index < -0.39 is 42.2 Å². The lowest BCUT2D eigenvalue weighted by Gasteiger charge is -2.40. The van der Waals surface area contributed by atoms with Gasteiger partial charge in [-0.25, -0.2) is 22.9 Å². The second-order valence-electron chi connectivity index (χ2n) is 9.67. The third-order valence-corrected chi connectivity index (χ3v) is 8.12. The molecule has 1 saturated heterocycles. The first-order chi connectivity index (χ1) is 19.0. The zero-order chi connectivity index (χ0) is 29.0. The predicted octanol–water partition coefficient (Wildman–Crippen LogP) is 3.93. The molecule has 3 heterocycles. The Morgan fingerprint density at radius 3 is 2.77 bits per heavy atom. The summed E-state index contributed by atoms with van der Waals surface area (Å²) in [5.74, 6) is -5.96. The van der Waals surface area contributed by atoms with Crippen molar-refractivity contribution in [3.63, 3.8) is 0 Å². The van der Waals surface area contributed by atoms with E-state index in [1.807, 2.05) is 0 Å². The topological polar surface area (TPSA) is 107 Å². The number of aliphatic carboxylic acids is 1. The number of rotatable bonds is 10. The van der Waals surface area contributed by atoms with Crippen LogP contribution < -0.4 is 5.32 Å². The number of ether oxygens (including phenoxy) is 1. The maximum Gasteiger partial charge on any atom is 0.338 e. The summed E-state index contributed by atoms with van der Waals surface area (Å²) in [5.41, 5.74) is 0.987. The van der Waals surface area contributed by atoms with Gasteiger partial charge in [0.25, 0.3) is 5.92 Å². The van der Waals surface area contributed by atoms with Gasteiger partial charge in [-0.05, 0) is 44.6 Å². The molecule has 1 fully saturated rings. The first kappa shape index (κ1) is 30.2. The summed E-state index contributed by atoms with van der Waals surface area (Å²) >= 11 is 4.69. The fourth-order valence-corrected chi connectivity index (χ4v) is 6.03. The van der Waals surface area contributed by atoms with Crippen LogP contribution in [0.1, 0.15) is 30.0 Å². The Morgan fingerprint density at radius 2 is 2.15 bits per heavy atom. The molecule has 0 aliphatic carbocycles. The lowest BCUT2D eigenvalue weighted by Crippen LogP contribution is -2.53. The van der Waals surface area contributed by atoms with Gasteiger partial charge in [-0.2, -0.15) is 0 Å². The van der Waals surface area contributed by atoms with Crippen LogP contribution in [0.2, 0.25) is 0 Å². The number of likely N-dealkylation sites (N-methyl/N-ethyl adjacent to an activating group) is 1. The van der Waals surface area contributed by atoms with Gasteiger partial charge in [0.15, 0.2) is 10.8 Å². The molecule has 4 rings (SSSR count). The van der Waals surface area contributed by atoms with Crippen LogP contribution in [0.15, 0.2) is 50.5 Å². The van der Waals surface area contributed by atoms with Gasteiger partial charge in [-0.3, -0.25) is 19.6 Å². The number of thiazole rings is 1. The molecular weight excluding hydrogens is 615 g/mol. The molecule has 2 N–H and O–H groups in total. The summed E-state index contributed by atoms with van der Waals surface area (Å²) in [5, 5.41) is 14.4. The summed E-state index contributed by atoms with van der Waals surface area (Å²) in [4.78, 5) is 36.2. The number of carboxylic acids is 1. The molecule has 2 aromatic rings. The SMILES string of the molecule is CCOC(=O)C1=C(CN2CCC(CN(C)CC(=O)O)C(F)(F)C2)NC(c2nccs2)=NC1c1ccc(F)cc1Br. The van der Waals surface area contributed by atoms with Gasteiger partial charge in [-0.15, -0.1) is 11.3 Å². The molecule has 0 bridgehead atoms. The van der Waals surface area contributed by atoms with Crippen molar-refractivity contribution in [3.05, 3.63) is 61.9 Å². The van der Waals surface area contributed by atoms with Crippen molar-refractivity contribution in [1.82, 2.24) is 20.1 Å². The number of benzene rings is 1. The molecule has 1 aromatic carbocycles. The van der Waals surface area contributed by atoms with Gasteiger partial charge in [0, 0.05) is 40.8 Å². The number of alkyl halides is 2. The van der Waals surface area contributed by atoms with Crippen molar-refractivity contribution < 1.29 is 32.6 Å². The minimum Gasteiger partial charge on any atom is -0.480 e. The Morgan fingerprint density at radius 1 is 1.38 bits per heavy atom. The van der Waals surface area contributed by atoms with Gasteiger partial charge in [0.1, 0.15) is 11.9 Å². The smallest absolute Gasteiger partial charge is 0.338 e. The number of amidine groups is 1. The van der Waals surface area contributed by atoms with E-state index in [4.69, 9.17) is 14.8 Å². The summed E-state index contributed by atoms with van der Waals surface area (Å²) in [6, 6.07) is 3.13. The molecule has 40 heavy (non-hydrogen) atoms. The zero-order valence-corrected chi connectivity index (χ0v) is 24.3. The van der Waals surface area contributed by atoms with E-state index in [1.165, 1.54) is 41.5 Å². The molecule has 0 radical (unpaired) electrons. The summed E-state index contributed by atoms with van der Waals surface area (Å²) in [6.07, 6.45) is 1.74. The quantitative estimate of drug-likeness (QED) is 0.375. The van der Waals surface area contributed by atoms with Crippen molar-refractivity contribution >= 4 is 45.0 Å². The van der Waals surface area contributed by atoms with E-state index in [2.05, 4.69) is 26.2 Å². The van der Waals surface area contributed by atoms with Crippen LogP contribution in [0, 0.1) is 11.7 Å². The van der Waals surface area contributed by atoms with E-state index in [0.717, 1.165) is 0 Å². The summed E-state index contributed by atoms with van der Waals surface area (Å²) < 4.78 is 50.2. The number of carbonyl (C=O) groups excluding carboxylic acids is 1. The highest BCUT2D eigenvalue weighted by Crippen LogP contribution is 2.38. The van der Waals surface area contributed by atoms with Gasteiger partial charge < -0.3 is 15.2 Å². The lowest BCUT2D eigenvalue weighted by atomic mass is 9.91. The number of esters is 1. The van der Waals surface area contributed by atoms with Crippen molar-refractivity contribution in [2.45, 2.75) is 25.3 Å². The third kappa shape index (κ3) is 7.09. The molecule has 14 heteroatoms. The molecule has 1 aromatic heterocycles. The third-order valence-electron chi connectivity index (χ3n) is 6.66. The number of hydrogen-bond donors (Lipinski definition) is 2. The maximum atomic E-state index is 15.3. The Kier molecular flexibility index (Phi) is 9.64. The lowest BCUT2D eigenvalue weighted by molar-refractivity contribution is -0.141. The largest absolute Gasteiger partial charge is 0.480 e. The van der Waals surface area contributed by atoms with Crippen molar-refractivity contribution in [2.24, 2.45) is 10.9 Å². The Balaban J connectivity index is 1.67. The second kappa shape index (κ2) is 12.8. The van der Waals surface area contributed by atoms with Gasteiger partial charge in [-0.1, -0.05) is 22.0 Å². The van der Waals surface area contributed by atoms with Gasteiger partial charge >= 0.3 is 11.9 Å². The van der Waals surface area contributed by atoms with E-state index in [0.29, 0.717) is 33.1 Å². The molecular formula is C26H29BrF3N5O4S. The number of aliphatic imine (C=N–C) groups is 1. The normalized spacial score (nSPS) is 21.2. The monoisotopic (exact) mass is 643 g/mol. The van der Waals surface area contributed by atoms with E-state index in [1.54, 1.807) is 23.4 Å². The average Bonchev–Trinajstić information content (AvgIpc) is 3.40. The molecule has 2 atom stereocenters. The minimum absolute atomic E-state index is 0.0267. The Labute approximate surface area is 241 Å². The molecule has 0 saturated carbocycles. The number of likely N-dealkylation sites (tertiary alicyclic amines) is 1. The molecule has 2 aliphatic heterocycles. The van der Waals surface area contributed by atoms with Crippen molar-refractivity contribution in [2.75, 3.05) is 46.4 Å². The first-order valence-corrected chi connectivity index (χ1v) is 14.3. The average molecular weight is 645 g/mol. The standard InChI is InChI=1S/C26H29BrF3N5O4S/c1-3-39-25(38)21-19(12-35-8-6-15(26(29,30)14-35)11-34(2)13-20(36)37)32-23(24-31-7-9-40-24)33-22(21)17-5-4-16(28)10-18(17)27/h4-5,7,9-10,15,22H,3,6,8,11-14H2,1-2H3,(H,32,33)(H,36,37). The first-order valence-electron chi connectivity index (χ1n) is 12.6. The number of carboxylic acid groups (broad SMARTS) is 1. The summed E-state index contributed by atoms with van der Waals surface area (Å²) in [7, 11) is 1.51. The van der Waals surface area contributed by atoms with Crippen LogP contribution in [0.5, 0.6) is 0 Å². The molecule has 0 spiro atoms. The van der Waals surface area contributed by atoms with Crippen LogP contribution in [-0.4, -0.2) is 90.0 Å². The van der Waals surface area contributed by atoms with Crippen LogP contribution >= 0.6 is 27.3 Å². The Bertz CT molecular complexity index is 1310. The zero-order valence-electron chi connectivity index (χ0n) is 21.9. The van der Waals surface area contributed by atoms with E-state index in [9.17, 15) is 14.0 Å². The van der Waals surface area contributed by atoms with Gasteiger partial charge in [0.05, 0.1) is 25.3 Å². The molecule has 2 unspecified atom stereocenters. The van der Waals surface area contributed by atoms with Crippen LogP contribution in [0.3, 0.4) is 0 Å². The van der Waals surface area contributed by atoms with Crippen LogP contribution in [0.4, 0.5) is 13.2 Å². The van der Waals surface area contributed by atoms with E-state index in [-0.39, 0.29) is 38.2 Å². The van der Waals surface area contributed by atoms with Crippen molar-refractivity contribution in [1.29, 1.82) is 0 Å². The fourth-order valence-electron chi connectivity index (χ4n) is 4.88. The number of piperidine rings is 1. The summed E-state index contributed by atoms with van der Waals surface area (Å²) in [6.45, 7) is 1.07. The fraction of sp³-hybridized carbons (Fsp3) is 0.462. The minimum atomic E-state index is -3.09. The predicted molar refractivity (Wildman–Crippen MR) is 147 cm³/mol. The highest BCUT2D eigenvalue weighted by atomic mass is 79.9. The number of nitrogens with one attached hydrogen (secondary N) is 1. The number of halogens is 4. The molecule has 9 nitrogen and oxygen atoms in total. The Hall–Kier alpha value is -2.81. The molecule has 2 aliphatic rings. The second-order valence-corrected chi connectivity index (χ2v) is 11.4. The van der Waals surface area contributed by atoms with Crippen LogP contribution in [-0.2, 0) is 14.3 Å². The maximum absolute atomic E-state index is 15.3. The molecule has 216 valence electrons.